The van der Waals surface area contributed by atoms with Crippen LogP contribution < -0.4 is 0 Å². The molecule has 4 heteroatoms. The van der Waals surface area contributed by atoms with Crippen LogP contribution in [0.2, 0.25) is 5.02 Å². The van der Waals surface area contributed by atoms with Gasteiger partial charge >= 0.3 is 0 Å². The third-order valence-electron chi connectivity index (χ3n) is 4.47. The van der Waals surface area contributed by atoms with Crippen molar-refractivity contribution in [2.45, 2.75) is 63.3 Å². The second-order valence-corrected chi connectivity index (χ2v) is 7.18. The molecule has 114 valence electrons. The second-order valence-electron chi connectivity index (χ2n) is 6.09. The number of aromatic nitrogens is 2. The van der Waals surface area contributed by atoms with Crippen LogP contribution in [0.4, 0.5) is 0 Å². The molecule has 2 aromatic rings. The standard InChI is InChI=1S/C17H22Cl2N2/c1-12(18)17-20-15-11-13(19)9-10-16(15)21(17)14-7-5-3-2-4-6-8-14/h9-12,14H,2-8H2,1H3. The van der Waals surface area contributed by atoms with Crippen LogP contribution in [0.1, 0.15) is 69.1 Å². The van der Waals surface area contributed by atoms with Gasteiger partial charge in [-0.3, -0.25) is 0 Å². The average Bonchev–Trinajstić information content (AvgIpc) is 2.77. The van der Waals surface area contributed by atoms with E-state index in [1.807, 2.05) is 19.1 Å². The quantitative estimate of drug-likeness (QED) is 0.595. The molecule has 0 aliphatic heterocycles. The Morgan fingerprint density at radius 1 is 1.14 bits per heavy atom. The normalized spacial score (nSPS) is 19.4. The third kappa shape index (κ3) is 3.22. The molecule has 1 aliphatic rings. The summed E-state index contributed by atoms with van der Waals surface area (Å²) >= 11 is 12.5. The predicted molar refractivity (Wildman–Crippen MR) is 90.4 cm³/mol. The van der Waals surface area contributed by atoms with Crippen LogP contribution in [0.15, 0.2) is 18.2 Å². The largest absolute Gasteiger partial charge is 0.324 e. The zero-order valence-corrected chi connectivity index (χ0v) is 14.0. The Labute approximate surface area is 136 Å². The van der Waals surface area contributed by atoms with E-state index in [4.69, 9.17) is 28.2 Å². The van der Waals surface area contributed by atoms with Crippen molar-refractivity contribution in [3.8, 4) is 0 Å². The van der Waals surface area contributed by atoms with Gasteiger partial charge in [-0.25, -0.2) is 4.98 Å². The summed E-state index contributed by atoms with van der Waals surface area (Å²) in [6.45, 7) is 2.00. The number of benzene rings is 1. The van der Waals surface area contributed by atoms with Gasteiger partial charge in [0.1, 0.15) is 5.82 Å². The topological polar surface area (TPSA) is 17.8 Å². The van der Waals surface area contributed by atoms with E-state index >= 15 is 0 Å². The van der Waals surface area contributed by atoms with E-state index in [9.17, 15) is 0 Å². The molecule has 1 unspecified atom stereocenters. The first-order valence-corrected chi connectivity index (χ1v) is 8.79. The summed E-state index contributed by atoms with van der Waals surface area (Å²) in [5.74, 6) is 0.986. The minimum atomic E-state index is -0.0818. The third-order valence-corrected chi connectivity index (χ3v) is 4.90. The number of rotatable bonds is 2. The first-order valence-electron chi connectivity index (χ1n) is 7.98. The number of nitrogens with zero attached hydrogens (tertiary/aromatic N) is 2. The molecule has 0 spiro atoms. The van der Waals surface area contributed by atoms with Gasteiger partial charge in [0.25, 0.3) is 0 Å². The summed E-state index contributed by atoms with van der Waals surface area (Å²) in [4.78, 5) is 4.75. The van der Waals surface area contributed by atoms with Crippen molar-refractivity contribution in [2.75, 3.05) is 0 Å². The van der Waals surface area contributed by atoms with Gasteiger partial charge in [0, 0.05) is 11.1 Å². The van der Waals surface area contributed by atoms with Gasteiger partial charge in [0.05, 0.1) is 16.4 Å². The molecule has 0 N–H and O–H groups in total. The van der Waals surface area contributed by atoms with E-state index in [0.29, 0.717) is 6.04 Å². The number of imidazole rings is 1. The molecule has 1 aromatic heterocycles. The maximum Gasteiger partial charge on any atom is 0.127 e. The van der Waals surface area contributed by atoms with Gasteiger partial charge in [-0.1, -0.05) is 43.7 Å². The molecule has 1 saturated carbocycles. The number of alkyl halides is 1. The summed E-state index contributed by atoms with van der Waals surface area (Å²) in [5, 5.41) is 0.653. The van der Waals surface area contributed by atoms with Crippen molar-refractivity contribution in [2.24, 2.45) is 0 Å². The van der Waals surface area contributed by atoms with Crippen LogP contribution in [0.5, 0.6) is 0 Å². The molecular weight excluding hydrogens is 303 g/mol. The van der Waals surface area contributed by atoms with Crippen molar-refractivity contribution < 1.29 is 0 Å². The highest BCUT2D eigenvalue weighted by molar-refractivity contribution is 6.31. The smallest absolute Gasteiger partial charge is 0.127 e. The SMILES string of the molecule is CC(Cl)c1nc2cc(Cl)ccc2n1C1CCCCCCC1. The summed E-state index contributed by atoms with van der Waals surface area (Å²) < 4.78 is 2.38. The Kier molecular flexibility index (Phi) is 4.75. The lowest BCUT2D eigenvalue weighted by atomic mass is 9.96. The van der Waals surface area contributed by atoms with E-state index in [1.165, 1.54) is 50.5 Å². The number of hydrogen-bond donors (Lipinski definition) is 0. The molecule has 0 amide bonds. The first kappa shape index (κ1) is 15.2. The van der Waals surface area contributed by atoms with Crippen LogP contribution in [0.3, 0.4) is 0 Å². The second kappa shape index (κ2) is 6.58. The molecular formula is C17H22Cl2N2. The zero-order chi connectivity index (χ0) is 14.8. The molecule has 1 atom stereocenters. The van der Waals surface area contributed by atoms with Gasteiger partial charge in [-0.15, -0.1) is 11.6 Å². The van der Waals surface area contributed by atoms with E-state index < -0.39 is 0 Å². The van der Waals surface area contributed by atoms with Crippen LogP contribution in [0, 0.1) is 0 Å². The lowest BCUT2D eigenvalue weighted by Gasteiger charge is -2.24. The molecule has 21 heavy (non-hydrogen) atoms. The molecule has 1 aromatic carbocycles. The van der Waals surface area contributed by atoms with Crippen molar-refractivity contribution in [3.63, 3.8) is 0 Å². The van der Waals surface area contributed by atoms with Crippen molar-refractivity contribution in [1.82, 2.24) is 9.55 Å². The van der Waals surface area contributed by atoms with E-state index in [0.717, 1.165) is 16.4 Å². The van der Waals surface area contributed by atoms with Gasteiger partial charge < -0.3 is 4.57 Å². The molecule has 0 radical (unpaired) electrons. The van der Waals surface area contributed by atoms with Crippen LogP contribution in [-0.4, -0.2) is 9.55 Å². The summed E-state index contributed by atoms with van der Waals surface area (Å²) in [7, 11) is 0. The van der Waals surface area contributed by atoms with E-state index in [1.54, 1.807) is 0 Å². The fourth-order valence-electron chi connectivity index (χ4n) is 3.45. The highest BCUT2D eigenvalue weighted by Gasteiger charge is 2.22. The molecule has 1 heterocycles. The fraction of sp³-hybridized carbons (Fsp3) is 0.588. The Hall–Kier alpha value is -0.730. The van der Waals surface area contributed by atoms with Crippen LogP contribution in [0.25, 0.3) is 11.0 Å². The molecule has 1 fully saturated rings. The number of fused-ring (bicyclic) bond motifs is 1. The molecule has 3 rings (SSSR count). The molecule has 2 nitrogen and oxygen atoms in total. The molecule has 1 aliphatic carbocycles. The van der Waals surface area contributed by atoms with Crippen LogP contribution >= 0.6 is 23.2 Å². The van der Waals surface area contributed by atoms with Crippen molar-refractivity contribution in [3.05, 3.63) is 29.0 Å². The highest BCUT2D eigenvalue weighted by atomic mass is 35.5. The van der Waals surface area contributed by atoms with Crippen molar-refractivity contribution >= 4 is 34.2 Å². The zero-order valence-electron chi connectivity index (χ0n) is 12.5. The Morgan fingerprint density at radius 3 is 2.48 bits per heavy atom. The maximum atomic E-state index is 6.40. The van der Waals surface area contributed by atoms with Gasteiger partial charge in [-0.2, -0.15) is 0 Å². The number of halogens is 2. The summed E-state index contributed by atoms with van der Waals surface area (Å²) in [6.07, 6.45) is 9.13. The average molecular weight is 325 g/mol. The van der Waals surface area contributed by atoms with Gasteiger partial charge in [-0.05, 0) is 38.0 Å². The summed E-state index contributed by atoms with van der Waals surface area (Å²) in [6, 6.07) is 6.51. The number of hydrogen-bond acceptors (Lipinski definition) is 1. The monoisotopic (exact) mass is 324 g/mol. The lowest BCUT2D eigenvalue weighted by Crippen LogP contribution is -2.14. The Bertz CT molecular complexity index is 611. The predicted octanol–water partition coefficient (Wildman–Crippen LogP) is 6.27. The maximum absolute atomic E-state index is 6.40. The molecule has 0 saturated heterocycles. The van der Waals surface area contributed by atoms with Gasteiger partial charge in [0.15, 0.2) is 0 Å². The minimum Gasteiger partial charge on any atom is -0.324 e. The lowest BCUT2D eigenvalue weighted by molar-refractivity contribution is 0.371. The van der Waals surface area contributed by atoms with E-state index in [2.05, 4.69) is 10.6 Å². The summed E-state index contributed by atoms with van der Waals surface area (Å²) in [5.41, 5.74) is 2.14. The van der Waals surface area contributed by atoms with Crippen molar-refractivity contribution in [1.29, 1.82) is 0 Å². The fourth-order valence-corrected chi connectivity index (χ4v) is 3.77. The Morgan fingerprint density at radius 2 is 1.81 bits per heavy atom. The minimum absolute atomic E-state index is 0.0818. The van der Waals surface area contributed by atoms with Crippen LogP contribution in [-0.2, 0) is 0 Å². The highest BCUT2D eigenvalue weighted by Crippen LogP contribution is 2.35. The van der Waals surface area contributed by atoms with E-state index in [-0.39, 0.29) is 5.38 Å². The Balaban J connectivity index is 2.07. The first-order chi connectivity index (χ1) is 10.2. The van der Waals surface area contributed by atoms with Gasteiger partial charge in [0.2, 0.25) is 0 Å². The molecule has 0 bridgehead atoms.